The minimum atomic E-state index is -1.14. The number of aliphatic imine (C=N–C) groups is 1. The summed E-state index contributed by atoms with van der Waals surface area (Å²) < 4.78 is 0. The predicted octanol–water partition coefficient (Wildman–Crippen LogP) is 3.60. The second kappa shape index (κ2) is 21.2. The highest BCUT2D eigenvalue weighted by Crippen LogP contribution is 2.13. The van der Waals surface area contributed by atoms with Crippen LogP contribution < -0.4 is 22.1 Å². The molecule has 198 valence electrons. The second-order valence-corrected chi connectivity index (χ2v) is 9.13. The summed E-state index contributed by atoms with van der Waals surface area (Å²) in [6.07, 6.45) is 17.1. The van der Waals surface area contributed by atoms with E-state index < -0.39 is 24.0 Å². The molecule has 34 heavy (non-hydrogen) atoms. The fourth-order valence-electron chi connectivity index (χ4n) is 3.74. The van der Waals surface area contributed by atoms with Gasteiger partial charge >= 0.3 is 5.97 Å². The van der Waals surface area contributed by atoms with Gasteiger partial charge in [-0.3, -0.25) is 14.6 Å². The average molecular weight is 484 g/mol. The van der Waals surface area contributed by atoms with Crippen molar-refractivity contribution in [2.75, 3.05) is 6.54 Å². The molecule has 0 unspecified atom stereocenters. The van der Waals surface area contributed by atoms with E-state index in [0.29, 0.717) is 12.8 Å². The Morgan fingerprint density at radius 2 is 1.29 bits per heavy atom. The molecule has 0 aliphatic rings. The van der Waals surface area contributed by atoms with E-state index in [1.807, 2.05) is 0 Å². The number of nitrogens with two attached hydrogens (primary N) is 2. The van der Waals surface area contributed by atoms with Crippen LogP contribution in [0.15, 0.2) is 4.99 Å². The van der Waals surface area contributed by atoms with Crippen molar-refractivity contribution in [3.8, 4) is 0 Å². The Morgan fingerprint density at radius 3 is 1.76 bits per heavy atom. The molecule has 2 amide bonds. The number of hydrogen-bond acceptors (Lipinski definition) is 4. The standard InChI is InChI=1S/C25H49N5O4/c1-3-4-5-6-7-8-9-10-11-12-13-14-15-18-22(31)29-20(2)23(32)30-21(24(33)34)17-16-19-28-25(26)27/h20-21H,3-19H2,1-2H3,(H,29,31)(H,30,32)(H,33,34)(H4,26,27,28)/t20-,21-/m0/s1. The molecule has 0 radical (unpaired) electrons. The Balaban J connectivity index is 3.85. The molecule has 0 fully saturated rings. The smallest absolute Gasteiger partial charge is 0.326 e. The van der Waals surface area contributed by atoms with Crippen molar-refractivity contribution in [3.63, 3.8) is 0 Å². The molecule has 0 aliphatic heterocycles. The summed E-state index contributed by atoms with van der Waals surface area (Å²) in [5.74, 6) is -1.90. The van der Waals surface area contributed by atoms with Gasteiger partial charge in [0.15, 0.2) is 5.96 Å². The largest absolute Gasteiger partial charge is 0.480 e. The van der Waals surface area contributed by atoms with Gasteiger partial charge in [-0.25, -0.2) is 4.79 Å². The van der Waals surface area contributed by atoms with E-state index in [-0.39, 0.29) is 24.8 Å². The molecular weight excluding hydrogens is 434 g/mol. The van der Waals surface area contributed by atoms with E-state index in [9.17, 15) is 19.5 Å². The Kier molecular flexibility index (Phi) is 19.8. The van der Waals surface area contributed by atoms with Crippen molar-refractivity contribution in [3.05, 3.63) is 0 Å². The van der Waals surface area contributed by atoms with Gasteiger partial charge in [0.2, 0.25) is 11.8 Å². The minimum Gasteiger partial charge on any atom is -0.480 e. The number of carboxylic acid groups (broad SMARTS) is 1. The number of aliphatic carboxylic acids is 1. The third-order valence-corrected chi connectivity index (χ3v) is 5.84. The summed E-state index contributed by atoms with van der Waals surface area (Å²) in [6.45, 7) is 4.08. The lowest BCUT2D eigenvalue weighted by Gasteiger charge is -2.18. The predicted molar refractivity (Wildman–Crippen MR) is 137 cm³/mol. The zero-order valence-corrected chi connectivity index (χ0v) is 21.4. The van der Waals surface area contributed by atoms with Crippen LogP contribution in [-0.2, 0) is 14.4 Å². The van der Waals surface area contributed by atoms with Crippen LogP contribution in [0.2, 0.25) is 0 Å². The highest BCUT2D eigenvalue weighted by atomic mass is 16.4. The van der Waals surface area contributed by atoms with Crippen LogP contribution in [0.25, 0.3) is 0 Å². The topological polar surface area (TPSA) is 160 Å². The molecule has 0 aromatic carbocycles. The normalized spacial score (nSPS) is 12.5. The van der Waals surface area contributed by atoms with Gasteiger partial charge < -0.3 is 27.2 Å². The summed E-state index contributed by atoms with van der Waals surface area (Å²) in [4.78, 5) is 39.5. The third-order valence-electron chi connectivity index (χ3n) is 5.84. The summed E-state index contributed by atoms with van der Waals surface area (Å²) in [5.41, 5.74) is 10.5. The van der Waals surface area contributed by atoms with Gasteiger partial charge in [-0.05, 0) is 26.2 Å². The first-order valence-electron chi connectivity index (χ1n) is 13.2. The molecule has 0 saturated carbocycles. The van der Waals surface area contributed by atoms with Gasteiger partial charge in [-0.1, -0.05) is 84.0 Å². The van der Waals surface area contributed by atoms with E-state index in [1.54, 1.807) is 6.92 Å². The fourth-order valence-corrected chi connectivity index (χ4v) is 3.74. The maximum atomic E-state index is 12.3. The van der Waals surface area contributed by atoms with Crippen LogP contribution in [0.4, 0.5) is 0 Å². The van der Waals surface area contributed by atoms with Crippen molar-refractivity contribution in [2.45, 2.75) is 129 Å². The van der Waals surface area contributed by atoms with Gasteiger partial charge in [-0.2, -0.15) is 0 Å². The van der Waals surface area contributed by atoms with Crippen molar-refractivity contribution in [1.82, 2.24) is 10.6 Å². The number of unbranched alkanes of at least 4 members (excludes halogenated alkanes) is 12. The summed E-state index contributed by atoms with van der Waals surface area (Å²) in [5, 5.41) is 14.4. The molecule has 7 N–H and O–H groups in total. The van der Waals surface area contributed by atoms with Crippen LogP contribution >= 0.6 is 0 Å². The molecule has 0 rings (SSSR count). The summed E-state index contributed by atoms with van der Waals surface area (Å²) >= 11 is 0. The molecule has 9 nitrogen and oxygen atoms in total. The number of carbonyl (C=O) groups is 3. The molecule has 0 aromatic rings. The van der Waals surface area contributed by atoms with Gasteiger partial charge in [0.25, 0.3) is 0 Å². The Bertz CT molecular complexity index is 594. The lowest BCUT2D eigenvalue weighted by Crippen LogP contribution is -2.50. The number of hydrogen-bond donors (Lipinski definition) is 5. The van der Waals surface area contributed by atoms with Crippen LogP contribution in [0.3, 0.4) is 0 Å². The molecule has 0 spiro atoms. The molecule has 9 heteroatoms. The van der Waals surface area contributed by atoms with Crippen LogP contribution in [0.1, 0.15) is 117 Å². The summed E-state index contributed by atoms with van der Waals surface area (Å²) in [7, 11) is 0. The minimum absolute atomic E-state index is 0.0595. The van der Waals surface area contributed by atoms with Crippen molar-refractivity contribution in [1.29, 1.82) is 0 Å². The molecule has 0 saturated heterocycles. The van der Waals surface area contributed by atoms with Crippen molar-refractivity contribution < 1.29 is 19.5 Å². The van der Waals surface area contributed by atoms with E-state index in [0.717, 1.165) is 19.3 Å². The quantitative estimate of drug-likeness (QED) is 0.0898. The SMILES string of the molecule is CCCCCCCCCCCCCCCC(=O)N[C@@H](C)C(=O)N[C@@H](CCCN=C(N)N)C(=O)O. The number of rotatable bonds is 22. The average Bonchev–Trinajstić information content (AvgIpc) is 2.78. The number of amides is 2. The number of nitrogens with zero attached hydrogens (tertiary/aromatic N) is 1. The third kappa shape index (κ3) is 19.2. The lowest BCUT2D eigenvalue weighted by atomic mass is 10.0. The monoisotopic (exact) mass is 483 g/mol. The number of nitrogens with one attached hydrogen (secondary N) is 2. The first-order chi connectivity index (χ1) is 16.3. The van der Waals surface area contributed by atoms with Crippen LogP contribution in [-0.4, -0.2) is 47.5 Å². The molecule has 0 aliphatic carbocycles. The highest BCUT2D eigenvalue weighted by molar-refractivity contribution is 5.90. The number of carbonyl (C=O) groups excluding carboxylic acids is 2. The van der Waals surface area contributed by atoms with E-state index in [2.05, 4.69) is 22.5 Å². The van der Waals surface area contributed by atoms with Gasteiger partial charge in [-0.15, -0.1) is 0 Å². The summed E-state index contributed by atoms with van der Waals surface area (Å²) in [6, 6.07) is -1.85. The molecule has 0 aromatic heterocycles. The maximum absolute atomic E-state index is 12.3. The highest BCUT2D eigenvalue weighted by Gasteiger charge is 2.23. The molecule has 0 bridgehead atoms. The van der Waals surface area contributed by atoms with E-state index >= 15 is 0 Å². The first-order valence-corrected chi connectivity index (χ1v) is 13.2. The number of guanidine groups is 1. The Labute approximate surface area is 205 Å². The van der Waals surface area contributed by atoms with Crippen molar-refractivity contribution >= 4 is 23.7 Å². The molecular formula is C25H49N5O4. The van der Waals surface area contributed by atoms with Gasteiger partial charge in [0.1, 0.15) is 12.1 Å². The zero-order valence-electron chi connectivity index (χ0n) is 21.4. The van der Waals surface area contributed by atoms with Crippen LogP contribution in [0.5, 0.6) is 0 Å². The number of carboxylic acids is 1. The molecule has 2 atom stereocenters. The maximum Gasteiger partial charge on any atom is 0.326 e. The molecule has 0 heterocycles. The van der Waals surface area contributed by atoms with E-state index in [4.69, 9.17) is 11.5 Å². The Morgan fingerprint density at radius 1 is 0.794 bits per heavy atom. The van der Waals surface area contributed by atoms with Crippen LogP contribution in [0, 0.1) is 0 Å². The van der Waals surface area contributed by atoms with Crippen molar-refractivity contribution in [2.24, 2.45) is 16.5 Å². The van der Waals surface area contributed by atoms with Gasteiger partial charge in [0.05, 0.1) is 0 Å². The zero-order chi connectivity index (χ0) is 25.6. The Hall–Kier alpha value is -2.32. The fraction of sp³-hybridized carbons (Fsp3) is 0.840. The lowest BCUT2D eigenvalue weighted by molar-refractivity contribution is -0.142. The first kappa shape index (κ1) is 31.7. The second-order valence-electron chi connectivity index (χ2n) is 9.13. The van der Waals surface area contributed by atoms with Gasteiger partial charge in [0, 0.05) is 13.0 Å². The van der Waals surface area contributed by atoms with E-state index in [1.165, 1.54) is 64.2 Å².